The Morgan fingerprint density at radius 2 is 1.76 bits per heavy atom. The molecule has 0 atom stereocenters. The molecule has 6 nitrogen and oxygen atoms in total. The molecule has 0 spiro atoms. The summed E-state index contributed by atoms with van der Waals surface area (Å²) in [5, 5.41) is 12.5. The number of pyridine rings is 1. The van der Waals surface area contributed by atoms with Crippen LogP contribution in [0.25, 0.3) is 16.6 Å². The number of para-hydroxylation sites is 2. The molecule has 0 aliphatic carbocycles. The molecule has 0 aliphatic rings. The van der Waals surface area contributed by atoms with Gasteiger partial charge < -0.3 is 0 Å². The number of fused-ring (bicyclic) bond motifs is 1. The minimum Gasteiger partial charge on any atom is -0.293 e. The van der Waals surface area contributed by atoms with Gasteiger partial charge in [0, 0.05) is 11.6 Å². The maximum Gasteiger partial charge on any atom is 0.299 e. The van der Waals surface area contributed by atoms with Crippen LogP contribution in [0.3, 0.4) is 0 Å². The number of hydrogen-bond acceptors (Lipinski definition) is 4. The number of nitrogens with one attached hydrogen (secondary N) is 1. The zero-order valence-electron chi connectivity index (χ0n) is 13.5. The summed E-state index contributed by atoms with van der Waals surface area (Å²) in [5.41, 5.74) is 2.85. The van der Waals surface area contributed by atoms with E-state index in [1.165, 1.54) is 4.68 Å². The van der Waals surface area contributed by atoms with E-state index >= 15 is 0 Å². The number of nitrogens with zero attached hydrogens (tertiary/aromatic N) is 4. The Hall–Kier alpha value is -3.54. The summed E-state index contributed by atoms with van der Waals surface area (Å²) in [6.45, 7) is 1.80. The molecule has 1 N–H and O–H groups in total. The highest BCUT2D eigenvalue weighted by atomic mass is 16.1. The van der Waals surface area contributed by atoms with Crippen LogP contribution in [0.2, 0.25) is 0 Å². The number of aromatic amines is 1. The fraction of sp³-hybridized carbons (Fsp3) is 0.0526. The average Bonchev–Trinajstić information content (AvgIpc) is 2.94. The zero-order chi connectivity index (χ0) is 17.2. The van der Waals surface area contributed by atoms with Crippen LogP contribution < -0.4 is 5.56 Å². The summed E-state index contributed by atoms with van der Waals surface area (Å²) in [4.78, 5) is 17.0. The van der Waals surface area contributed by atoms with E-state index in [2.05, 4.69) is 20.3 Å². The summed E-state index contributed by atoms with van der Waals surface area (Å²) < 4.78 is 1.46. The molecule has 4 aromatic rings. The molecule has 2 aromatic heterocycles. The van der Waals surface area contributed by atoms with Gasteiger partial charge in [0.2, 0.25) is 0 Å². The molecule has 0 saturated heterocycles. The smallest absolute Gasteiger partial charge is 0.293 e. The van der Waals surface area contributed by atoms with E-state index in [9.17, 15) is 4.79 Å². The van der Waals surface area contributed by atoms with Crippen molar-refractivity contribution in [1.82, 2.24) is 14.8 Å². The van der Waals surface area contributed by atoms with E-state index in [1.54, 1.807) is 13.1 Å². The first kappa shape index (κ1) is 15.0. The highest BCUT2D eigenvalue weighted by Crippen LogP contribution is 2.25. The Bertz CT molecular complexity index is 1120. The molecule has 0 saturated carbocycles. The first-order chi connectivity index (χ1) is 12.2. The van der Waals surface area contributed by atoms with Gasteiger partial charge in [-0.05, 0) is 31.2 Å². The van der Waals surface area contributed by atoms with Crippen molar-refractivity contribution in [2.75, 3.05) is 0 Å². The van der Waals surface area contributed by atoms with Crippen LogP contribution in [-0.4, -0.2) is 14.8 Å². The first-order valence-corrected chi connectivity index (χ1v) is 7.86. The van der Waals surface area contributed by atoms with Crippen LogP contribution >= 0.6 is 0 Å². The maximum absolute atomic E-state index is 12.6. The minimum absolute atomic E-state index is 0.236. The van der Waals surface area contributed by atoms with Crippen molar-refractivity contribution in [2.45, 2.75) is 6.92 Å². The SMILES string of the molecule is Cc1[nH]n(-c2ccccc2)c(=O)c1N=Nc1cccc2cccnc12. The molecule has 6 heteroatoms. The highest BCUT2D eigenvalue weighted by molar-refractivity contribution is 5.88. The molecule has 4 rings (SSSR count). The number of aromatic nitrogens is 3. The van der Waals surface area contributed by atoms with E-state index in [0.29, 0.717) is 11.4 Å². The molecule has 2 heterocycles. The van der Waals surface area contributed by atoms with E-state index in [-0.39, 0.29) is 11.2 Å². The summed E-state index contributed by atoms with van der Waals surface area (Å²) in [7, 11) is 0. The van der Waals surface area contributed by atoms with Crippen LogP contribution in [0.5, 0.6) is 0 Å². The standard InChI is InChI=1S/C19H15N5O/c1-13-17(19(25)24(23-13)15-9-3-2-4-10-15)22-21-16-11-5-7-14-8-6-12-20-18(14)16/h2-12,23H,1H3. The Kier molecular flexibility index (Phi) is 3.70. The highest BCUT2D eigenvalue weighted by Gasteiger charge is 2.12. The van der Waals surface area contributed by atoms with E-state index in [1.807, 2.05) is 60.7 Å². The van der Waals surface area contributed by atoms with Gasteiger partial charge in [0.05, 0.1) is 16.9 Å². The van der Waals surface area contributed by atoms with E-state index in [4.69, 9.17) is 0 Å². The van der Waals surface area contributed by atoms with Crippen molar-refractivity contribution in [2.24, 2.45) is 10.2 Å². The number of rotatable bonds is 3. The van der Waals surface area contributed by atoms with Crippen LogP contribution in [0.15, 0.2) is 81.9 Å². The third kappa shape index (κ3) is 2.74. The van der Waals surface area contributed by atoms with Gasteiger partial charge in [-0.3, -0.25) is 14.9 Å². The fourth-order valence-corrected chi connectivity index (χ4v) is 2.69. The molecule has 0 unspecified atom stereocenters. The third-order valence-electron chi connectivity index (χ3n) is 3.92. The van der Waals surface area contributed by atoms with Crippen LogP contribution in [0.4, 0.5) is 11.4 Å². The van der Waals surface area contributed by atoms with Gasteiger partial charge >= 0.3 is 0 Å². The van der Waals surface area contributed by atoms with Gasteiger partial charge in [0.1, 0.15) is 5.69 Å². The summed E-state index contributed by atoms with van der Waals surface area (Å²) in [6, 6.07) is 18.9. The molecule has 0 amide bonds. The molecule has 2 aromatic carbocycles. The van der Waals surface area contributed by atoms with Crippen molar-refractivity contribution >= 4 is 22.3 Å². The molecule has 25 heavy (non-hydrogen) atoms. The topological polar surface area (TPSA) is 75.4 Å². The molecular weight excluding hydrogens is 314 g/mol. The lowest BCUT2D eigenvalue weighted by molar-refractivity contribution is 0.835. The number of aryl methyl sites for hydroxylation is 1. The quantitative estimate of drug-likeness (QED) is 0.564. The van der Waals surface area contributed by atoms with E-state index < -0.39 is 0 Å². The summed E-state index contributed by atoms with van der Waals surface area (Å²) >= 11 is 0. The monoisotopic (exact) mass is 329 g/mol. The first-order valence-electron chi connectivity index (χ1n) is 7.86. The molecule has 0 bridgehead atoms. The average molecular weight is 329 g/mol. The third-order valence-corrected chi connectivity index (χ3v) is 3.92. The summed E-state index contributed by atoms with van der Waals surface area (Å²) in [5.74, 6) is 0. The predicted molar refractivity (Wildman–Crippen MR) is 97.0 cm³/mol. The largest absolute Gasteiger partial charge is 0.299 e. The van der Waals surface area contributed by atoms with Gasteiger partial charge in [-0.2, -0.15) is 0 Å². The van der Waals surface area contributed by atoms with Gasteiger partial charge in [0.25, 0.3) is 5.56 Å². The van der Waals surface area contributed by atoms with Crippen molar-refractivity contribution in [1.29, 1.82) is 0 Å². The Morgan fingerprint density at radius 3 is 2.60 bits per heavy atom. The normalized spacial score (nSPS) is 11.4. The molecule has 122 valence electrons. The van der Waals surface area contributed by atoms with Crippen LogP contribution in [-0.2, 0) is 0 Å². The van der Waals surface area contributed by atoms with Crippen LogP contribution in [0.1, 0.15) is 5.69 Å². The van der Waals surface area contributed by atoms with Gasteiger partial charge in [-0.15, -0.1) is 10.2 Å². The second-order valence-electron chi connectivity index (χ2n) is 5.61. The molecular formula is C19H15N5O. The number of benzene rings is 2. The van der Waals surface area contributed by atoms with Gasteiger partial charge in [0.15, 0.2) is 5.69 Å². The second kappa shape index (κ2) is 6.16. The Morgan fingerprint density at radius 1 is 0.960 bits per heavy atom. The molecule has 0 aliphatic heterocycles. The lowest BCUT2D eigenvalue weighted by Crippen LogP contribution is -2.13. The van der Waals surface area contributed by atoms with Crippen molar-refractivity contribution in [3.05, 3.63) is 82.9 Å². The second-order valence-corrected chi connectivity index (χ2v) is 5.61. The Labute approximate surface area is 143 Å². The molecule has 0 radical (unpaired) electrons. The fourth-order valence-electron chi connectivity index (χ4n) is 2.69. The van der Waals surface area contributed by atoms with Gasteiger partial charge in [-0.25, -0.2) is 4.68 Å². The number of azo groups is 1. The van der Waals surface area contributed by atoms with Gasteiger partial charge in [-0.1, -0.05) is 36.4 Å². The van der Waals surface area contributed by atoms with Crippen molar-refractivity contribution in [3.8, 4) is 5.69 Å². The number of H-pyrrole nitrogens is 1. The van der Waals surface area contributed by atoms with Crippen molar-refractivity contribution in [3.63, 3.8) is 0 Å². The Balaban J connectivity index is 1.77. The lowest BCUT2D eigenvalue weighted by atomic mass is 10.2. The molecule has 0 fully saturated rings. The lowest BCUT2D eigenvalue weighted by Gasteiger charge is -1.99. The minimum atomic E-state index is -0.236. The summed E-state index contributed by atoms with van der Waals surface area (Å²) in [6.07, 6.45) is 1.71. The zero-order valence-corrected chi connectivity index (χ0v) is 13.5. The van der Waals surface area contributed by atoms with E-state index in [0.717, 1.165) is 16.6 Å². The number of hydrogen-bond donors (Lipinski definition) is 1. The predicted octanol–water partition coefficient (Wildman–Crippen LogP) is 4.44. The maximum atomic E-state index is 12.6. The van der Waals surface area contributed by atoms with Crippen LogP contribution in [0, 0.1) is 6.92 Å². The van der Waals surface area contributed by atoms with Crippen molar-refractivity contribution < 1.29 is 0 Å².